The Kier molecular flexibility index (Phi) is 7.51. The lowest BCUT2D eigenvalue weighted by Crippen LogP contribution is -2.12. The van der Waals surface area contributed by atoms with Gasteiger partial charge in [0.05, 0.1) is 17.6 Å². The van der Waals surface area contributed by atoms with Gasteiger partial charge in [-0.15, -0.1) is 0 Å². The summed E-state index contributed by atoms with van der Waals surface area (Å²) in [5.74, 6) is 0.581. The Hall–Kier alpha value is -3.26. The van der Waals surface area contributed by atoms with E-state index in [1.54, 1.807) is 19.4 Å². The number of aromatic nitrogens is 4. The molecule has 0 aliphatic carbocycles. The molecule has 3 aromatic heterocycles. The molecule has 0 unspecified atom stereocenters. The molecular weight excluding hydrogens is 402 g/mol. The molecule has 0 amide bonds. The number of hydrogen-bond donors (Lipinski definition) is 3. The van der Waals surface area contributed by atoms with Crippen LogP contribution in [0.1, 0.15) is 17.7 Å². The highest BCUT2D eigenvalue weighted by Gasteiger charge is 2.11. The molecule has 3 N–H and O–H groups in total. The first-order valence-corrected chi connectivity index (χ1v) is 9.96. The minimum atomic E-state index is 0.220. The van der Waals surface area contributed by atoms with E-state index < -0.39 is 0 Å². The van der Waals surface area contributed by atoms with Crippen molar-refractivity contribution in [2.75, 3.05) is 25.5 Å². The monoisotopic (exact) mass is 425 g/mol. The Bertz CT molecular complexity index is 1050. The maximum atomic E-state index is 7.43. The van der Waals surface area contributed by atoms with Gasteiger partial charge < -0.3 is 20.8 Å². The Morgan fingerprint density at radius 2 is 2.07 bits per heavy atom. The third-order valence-electron chi connectivity index (χ3n) is 4.36. The largest absolute Gasteiger partial charge is 0.463 e. The molecule has 0 atom stereocenters. The molecule has 30 heavy (non-hydrogen) atoms. The van der Waals surface area contributed by atoms with E-state index in [-0.39, 0.29) is 6.01 Å². The van der Waals surface area contributed by atoms with Crippen molar-refractivity contribution >= 4 is 34.7 Å². The average molecular weight is 426 g/mol. The first-order valence-electron chi connectivity index (χ1n) is 9.59. The highest BCUT2D eigenvalue weighted by Crippen LogP contribution is 2.23. The molecule has 0 saturated heterocycles. The lowest BCUT2D eigenvalue weighted by atomic mass is 10.2. The van der Waals surface area contributed by atoms with Crippen molar-refractivity contribution in [3.05, 3.63) is 58.6 Å². The number of fused-ring (bicyclic) bond motifs is 1. The van der Waals surface area contributed by atoms with Crippen LogP contribution in [0.15, 0.2) is 42.2 Å². The highest BCUT2D eigenvalue weighted by molar-refractivity contribution is 6.30. The summed E-state index contributed by atoms with van der Waals surface area (Å²) in [6, 6.07) is 8.01. The minimum Gasteiger partial charge on any atom is -0.463 e. The molecule has 3 aromatic rings. The van der Waals surface area contributed by atoms with Crippen LogP contribution in [0.4, 0.5) is 5.82 Å². The van der Waals surface area contributed by atoms with Crippen molar-refractivity contribution in [3.63, 3.8) is 0 Å². The number of halogens is 1. The molecule has 0 aliphatic rings. The average Bonchev–Trinajstić information content (AvgIpc) is 2.76. The van der Waals surface area contributed by atoms with Crippen LogP contribution in [0.5, 0.6) is 6.01 Å². The predicted molar refractivity (Wildman–Crippen MR) is 120 cm³/mol. The summed E-state index contributed by atoms with van der Waals surface area (Å²) < 4.78 is 5.71. The molecule has 0 aliphatic heterocycles. The molecule has 0 saturated carbocycles. The Morgan fingerprint density at radius 1 is 1.20 bits per heavy atom. The van der Waals surface area contributed by atoms with Crippen LogP contribution >= 0.6 is 11.6 Å². The lowest BCUT2D eigenvalue weighted by molar-refractivity contribution is 0.286. The predicted octanol–water partition coefficient (Wildman–Crippen LogP) is 3.56. The summed E-state index contributed by atoms with van der Waals surface area (Å²) in [6.07, 6.45) is 6.31. The van der Waals surface area contributed by atoms with Gasteiger partial charge in [0.15, 0.2) is 0 Å². The number of ether oxygens (including phenoxy) is 1. The van der Waals surface area contributed by atoms with E-state index in [1.807, 2.05) is 31.2 Å². The van der Waals surface area contributed by atoms with Crippen LogP contribution in [-0.4, -0.2) is 46.3 Å². The smallest absolute Gasteiger partial charge is 0.319 e. The number of rotatable bonds is 10. The summed E-state index contributed by atoms with van der Waals surface area (Å²) in [5.41, 5.74) is 4.26. The van der Waals surface area contributed by atoms with Gasteiger partial charge in [0.1, 0.15) is 11.0 Å². The quantitative estimate of drug-likeness (QED) is 0.259. The molecule has 8 nitrogen and oxygen atoms in total. The lowest BCUT2D eigenvalue weighted by Gasteiger charge is -2.12. The number of aryl methyl sites for hydroxylation is 1. The van der Waals surface area contributed by atoms with E-state index in [9.17, 15) is 0 Å². The second-order valence-electron chi connectivity index (χ2n) is 6.57. The molecule has 156 valence electrons. The molecule has 0 spiro atoms. The van der Waals surface area contributed by atoms with Crippen LogP contribution in [0.2, 0.25) is 5.15 Å². The zero-order valence-electron chi connectivity index (χ0n) is 16.9. The van der Waals surface area contributed by atoms with Crippen molar-refractivity contribution in [3.8, 4) is 6.01 Å². The summed E-state index contributed by atoms with van der Waals surface area (Å²) in [5, 5.41) is 13.8. The van der Waals surface area contributed by atoms with Gasteiger partial charge in [-0.2, -0.15) is 9.97 Å². The SMILES string of the molecule is CN/C=C(\C=N)CNc1nc(OCCCc2ccc3ncccc3n2)nc(Cl)c1C. The maximum Gasteiger partial charge on any atom is 0.319 e. The van der Waals surface area contributed by atoms with E-state index in [2.05, 4.69) is 30.6 Å². The number of nitrogens with one attached hydrogen (secondary N) is 3. The van der Waals surface area contributed by atoms with Crippen LogP contribution in [0, 0.1) is 12.3 Å². The molecule has 3 rings (SSSR count). The minimum absolute atomic E-state index is 0.220. The fraction of sp³-hybridized carbons (Fsp3) is 0.286. The summed E-state index contributed by atoms with van der Waals surface area (Å²) in [6.45, 7) is 2.71. The highest BCUT2D eigenvalue weighted by atomic mass is 35.5. The van der Waals surface area contributed by atoms with E-state index in [0.29, 0.717) is 24.1 Å². The fourth-order valence-electron chi connectivity index (χ4n) is 2.78. The second-order valence-corrected chi connectivity index (χ2v) is 6.93. The summed E-state index contributed by atoms with van der Waals surface area (Å²) in [7, 11) is 1.78. The van der Waals surface area contributed by atoms with Crippen molar-refractivity contribution in [2.45, 2.75) is 19.8 Å². The van der Waals surface area contributed by atoms with Gasteiger partial charge in [0, 0.05) is 49.0 Å². The number of pyridine rings is 2. The molecular formula is C21H24ClN7O. The summed E-state index contributed by atoms with van der Waals surface area (Å²) in [4.78, 5) is 17.5. The number of hydrogen-bond acceptors (Lipinski definition) is 8. The van der Waals surface area contributed by atoms with Crippen molar-refractivity contribution in [1.29, 1.82) is 5.41 Å². The first-order chi connectivity index (χ1) is 14.6. The molecule has 9 heteroatoms. The van der Waals surface area contributed by atoms with Crippen LogP contribution in [0.25, 0.3) is 11.0 Å². The molecule has 0 aromatic carbocycles. The van der Waals surface area contributed by atoms with Crippen molar-refractivity contribution < 1.29 is 4.74 Å². The van der Waals surface area contributed by atoms with Crippen molar-refractivity contribution in [2.24, 2.45) is 0 Å². The van der Waals surface area contributed by atoms with Gasteiger partial charge in [0.2, 0.25) is 0 Å². The van der Waals surface area contributed by atoms with Gasteiger partial charge in [-0.1, -0.05) is 11.6 Å². The maximum absolute atomic E-state index is 7.43. The molecule has 0 radical (unpaired) electrons. The second kappa shape index (κ2) is 10.5. The zero-order chi connectivity index (χ0) is 21.3. The standard InChI is InChI=1S/C21H24ClN7O/c1-14-19(22)28-21(29-20(14)26-13-15(11-23)12-24-2)30-10-4-5-16-7-8-17-18(27-16)6-3-9-25-17/h3,6-9,11-12,23-24H,4-5,10,13H2,1-2H3,(H,26,28,29)/b15-12+,23-11?. The fourth-order valence-corrected chi connectivity index (χ4v) is 2.94. The molecule has 3 heterocycles. The normalized spacial score (nSPS) is 11.4. The molecule has 0 fully saturated rings. The van der Waals surface area contributed by atoms with Gasteiger partial charge >= 0.3 is 6.01 Å². The zero-order valence-corrected chi connectivity index (χ0v) is 17.7. The van der Waals surface area contributed by atoms with Crippen LogP contribution in [0.3, 0.4) is 0 Å². The van der Waals surface area contributed by atoms with Crippen LogP contribution in [-0.2, 0) is 6.42 Å². The topological polar surface area (TPSA) is 109 Å². The van der Waals surface area contributed by atoms with E-state index in [4.69, 9.17) is 21.7 Å². The third-order valence-corrected chi connectivity index (χ3v) is 4.73. The summed E-state index contributed by atoms with van der Waals surface area (Å²) >= 11 is 6.23. The van der Waals surface area contributed by atoms with Gasteiger partial charge in [-0.05, 0) is 44.0 Å². The number of nitrogens with zero attached hydrogens (tertiary/aromatic N) is 4. The molecule has 0 bridgehead atoms. The Balaban J connectivity index is 1.57. The van der Waals surface area contributed by atoms with E-state index in [1.165, 1.54) is 6.21 Å². The Morgan fingerprint density at radius 3 is 2.87 bits per heavy atom. The van der Waals surface area contributed by atoms with E-state index in [0.717, 1.165) is 40.7 Å². The van der Waals surface area contributed by atoms with Gasteiger partial charge in [0.25, 0.3) is 0 Å². The van der Waals surface area contributed by atoms with Crippen molar-refractivity contribution in [1.82, 2.24) is 25.3 Å². The van der Waals surface area contributed by atoms with Gasteiger partial charge in [-0.25, -0.2) is 0 Å². The van der Waals surface area contributed by atoms with E-state index >= 15 is 0 Å². The number of anilines is 1. The third kappa shape index (κ3) is 5.64. The van der Waals surface area contributed by atoms with Gasteiger partial charge in [-0.3, -0.25) is 9.97 Å². The first kappa shape index (κ1) is 21.4. The Labute approximate surface area is 180 Å². The van der Waals surface area contributed by atoms with Crippen LogP contribution < -0.4 is 15.4 Å².